The summed E-state index contributed by atoms with van der Waals surface area (Å²) < 4.78 is -5.72. The molecule has 17 heavy (non-hydrogen) atoms. The van der Waals surface area contributed by atoms with Gasteiger partial charge >= 0.3 is 0 Å². The topological polar surface area (TPSA) is 20.2 Å². The van der Waals surface area contributed by atoms with Gasteiger partial charge in [0.1, 0.15) is 0 Å². The molecule has 0 amide bonds. The molecule has 0 spiro atoms. The summed E-state index contributed by atoms with van der Waals surface area (Å²) >= 11 is 41.8. The molecule has 0 aliphatic carbocycles. The van der Waals surface area contributed by atoms with Crippen LogP contribution >= 0.6 is 81.2 Å². The minimum Gasteiger partial charge on any atom is -0.393 e. The average Bonchev–Trinajstić information content (AvgIpc) is 2.24. The van der Waals surface area contributed by atoms with Crippen molar-refractivity contribution in [2.75, 3.05) is 6.61 Å². The molecule has 0 aliphatic rings. The third-order valence-electron chi connectivity index (χ3n) is 2.28. The Morgan fingerprint density at radius 2 is 1.53 bits per heavy atom. The molecule has 0 saturated carbocycles. The van der Waals surface area contributed by atoms with Gasteiger partial charge < -0.3 is 5.11 Å². The summed E-state index contributed by atoms with van der Waals surface area (Å²) in [6.45, 7) is 1.28. The van der Waals surface area contributed by atoms with Gasteiger partial charge in [0, 0.05) is 0 Å². The second kappa shape index (κ2) is 7.13. The Labute approximate surface area is 137 Å². The minimum atomic E-state index is -2.01. The maximum atomic E-state index is 9.06. The molecule has 0 fully saturated rings. The molecule has 0 aromatic rings. The Balaban J connectivity index is 5.01. The van der Waals surface area contributed by atoms with Crippen molar-refractivity contribution in [1.82, 2.24) is 0 Å². The number of hydrogen-bond donors (Lipinski definition) is 1. The Morgan fingerprint density at radius 1 is 1.06 bits per heavy atom. The van der Waals surface area contributed by atoms with E-state index >= 15 is 0 Å². The molecule has 8 heteroatoms. The lowest BCUT2D eigenvalue weighted by atomic mass is 10.1. The highest BCUT2D eigenvalue weighted by atomic mass is 35.5. The van der Waals surface area contributed by atoms with Crippen LogP contribution in [0.25, 0.3) is 0 Å². The summed E-state index contributed by atoms with van der Waals surface area (Å²) in [5.74, 6) is 0. The van der Waals surface area contributed by atoms with Gasteiger partial charge in [-0.15, -0.1) is 11.6 Å². The van der Waals surface area contributed by atoms with Crippen LogP contribution in [0.4, 0.5) is 0 Å². The first-order chi connectivity index (χ1) is 7.54. The van der Waals surface area contributed by atoms with Crippen LogP contribution < -0.4 is 0 Å². The van der Waals surface area contributed by atoms with Crippen molar-refractivity contribution in [2.24, 2.45) is 0 Å². The molecule has 1 N–H and O–H groups in total. The monoisotopic (exact) mass is 382 g/mol. The molecule has 1 atom stereocenters. The number of hydrogen-bond acceptors (Lipinski definition) is 1. The van der Waals surface area contributed by atoms with Gasteiger partial charge in [-0.1, -0.05) is 89.4 Å². The molecule has 0 aliphatic heterocycles. The molecule has 0 heterocycles. The minimum absolute atomic E-state index is 0.502. The van der Waals surface area contributed by atoms with Crippen LogP contribution in [-0.2, 0) is 0 Å². The summed E-state index contributed by atoms with van der Waals surface area (Å²) in [5, 5.41) is 8.31. The lowest BCUT2D eigenvalue weighted by Gasteiger charge is -2.42. The second-order valence-corrected chi connectivity index (χ2v) is 8.39. The summed E-state index contributed by atoms with van der Waals surface area (Å²) in [4.78, 5) is 0. The number of halogens is 7. The highest BCUT2D eigenvalue weighted by Crippen LogP contribution is 2.57. The van der Waals surface area contributed by atoms with E-state index in [1.54, 1.807) is 0 Å². The molecule has 0 saturated heterocycles. The summed E-state index contributed by atoms with van der Waals surface area (Å²) in [5.41, 5.74) is 0. The predicted octanol–water partition coefficient (Wildman–Crippen LogP) is 5.30. The van der Waals surface area contributed by atoms with Crippen LogP contribution in [-0.4, -0.2) is 30.1 Å². The molecular weight excluding hydrogens is 372 g/mol. The zero-order valence-electron chi connectivity index (χ0n) is 9.00. The molecule has 1 nitrogen and oxygen atoms in total. The Morgan fingerprint density at radius 3 is 1.88 bits per heavy atom. The van der Waals surface area contributed by atoms with Crippen LogP contribution in [0.1, 0.15) is 26.2 Å². The predicted molar refractivity (Wildman–Crippen MR) is 79.6 cm³/mol. The Kier molecular flexibility index (Phi) is 7.96. The molecule has 1 unspecified atom stereocenters. The van der Waals surface area contributed by atoms with Crippen molar-refractivity contribution in [3.63, 3.8) is 0 Å². The first-order valence-electron chi connectivity index (χ1n) is 4.93. The molecule has 0 radical (unpaired) electrons. The SMILES string of the molecule is CCCCC(Cl)C(Cl)(Cl)C(Cl)(Cl)C(Cl)(Cl)CO. The highest BCUT2D eigenvalue weighted by Gasteiger charge is 2.62. The van der Waals surface area contributed by atoms with E-state index in [4.69, 9.17) is 86.3 Å². The summed E-state index contributed by atoms with van der Waals surface area (Å²) in [6, 6.07) is 0. The highest BCUT2D eigenvalue weighted by molar-refractivity contribution is 6.70. The maximum Gasteiger partial charge on any atom is 0.187 e. The van der Waals surface area contributed by atoms with Gasteiger partial charge in [0.05, 0.1) is 12.0 Å². The van der Waals surface area contributed by atoms with E-state index in [1.807, 2.05) is 6.92 Å². The molecule has 0 aromatic heterocycles. The normalized spacial score (nSPS) is 16.1. The Bertz CT molecular complexity index is 241. The van der Waals surface area contributed by atoms with Crippen molar-refractivity contribution < 1.29 is 5.11 Å². The lowest BCUT2D eigenvalue weighted by molar-refractivity contribution is 0.264. The number of aliphatic hydroxyl groups is 1. The number of rotatable bonds is 7. The number of alkyl halides is 7. The van der Waals surface area contributed by atoms with Gasteiger partial charge in [0.25, 0.3) is 0 Å². The number of unbranched alkanes of at least 4 members (excludes halogenated alkanes) is 1. The zero-order valence-corrected chi connectivity index (χ0v) is 14.3. The van der Waals surface area contributed by atoms with E-state index in [0.29, 0.717) is 6.42 Å². The van der Waals surface area contributed by atoms with Crippen molar-refractivity contribution in [3.05, 3.63) is 0 Å². The zero-order chi connectivity index (χ0) is 13.9. The van der Waals surface area contributed by atoms with Crippen LogP contribution in [0.15, 0.2) is 0 Å². The van der Waals surface area contributed by atoms with E-state index in [-0.39, 0.29) is 0 Å². The fourth-order valence-corrected chi connectivity index (χ4v) is 2.95. The van der Waals surface area contributed by atoms with Crippen LogP contribution in [0.5, 0.6) is 0 Å². The first kappa shape index (κ1) is 19.0. The summed E-state index contributed by atoms with van der Waals surface area (Å²) in [7, 11) is 0. The Hall–Kier alpha value is 1.99. The molecular formula is C9H13Cl7O. The summed E-state index contributed by atoms with van der Waals surface area (Å²) in [6.07, 6.45) is 2.22. The van der Waals surface area contributed by atoms with Crippen LogP contribution in [0.2, 0.25) is 0 Å². The fraction of sp³-hybridized carbons (Fsp3) is 1.00. The fourth-order valence-electron chi connectivity index (χ4n) is 1.10. The second-order valence-electron chi connectivity index (χ2n) is 3.67. The van der Waals surface area contributed by atoms with Gasteiger partial charge in [0.15, 0.2) is 13.0 Å². The van der Waals surface area contributed by atoms with E-state index in [1.165, 1.54) is 0 Å². The van der Waals surface area contributed by atoms with Crippen molar-refractivity contribution in [3.8, 4) is 0 Å². The third kappa shape index (κ3) is 4.23. The molecule has 104 valence electrons. The van der Waals surface area contributed by atoms with Gasteiger partial charge in [-0.25, -0.2) is 0 Å². The first-order valence-corrected chi connectivity index (χ1v) is 7.63. The van der Waals surface area contributed by atoms with Gasteiger partial charge in [-0.05, 0) is 6.42 Å². The van der Waals surface area contributed by atoms with Gasteiger partial charge in [-0.3, -0.25) is 0 Å². The van der Waals surface area contributed by atoms with E-state index in [9.17, 15) is 0 Å². The third-order valence-corrected chi connectivity index (χ3v) is 6.97. The van der Waals surface area contributed by atoms with Crippen LogP contribution in [0, 0.1) is 0 Å². The smallest absolute Gasteiger partial charge is 0.187 e. The standard InChI is InChI=1S/C9H13Cl7O/c1-2-3-4-6(10)8(13,14)9(15,16)7(11,12)5-17/h6,17H,2-5H2,1H3. The average molecular weight is 385 g/mol. The van der Waals surface area contributed by atoms with Crippen LogP contribution in [0.3, 0.4) is 0 Å². The van der Waals surface area contributed by atoms with E-state index in [0.717, 1.165) is 12.8 Å². The van der Waals surface area contributed by atoms with Crippen molar-refractivity contribution in [1.29, 1.82) is 0 Å². The molecule has 0 bridgehead atoms. The van der Waals surface area contributed by atoms with Crippen molar-refractivity contribution >= 4 is 81.2 Å². The molecule has 0 aromatic carbocycles. The van der Waals surface area contributed by atoms with Gasteiger partial charge in [0.2, 0.25) is 0 Å². The maximum absolute atomic E-state index is 9.06. The largest absolute Gasteiger partial charge is 0.393 e. The van der Waals surface area contributed by atoms with Crippen molar-refractivity contribution in [2.45, 2.75) is 44.6 Å². The van der Waals surface area contributed by atoms with E-state index in [2.05, 4.69) is 0 Å². The number of aliphatic hydroxyl groups excluding tert-OH is 1. The molecule has 0 rings (SSSR count). The lowest BCUT2D eigenvalue weighted by Crippen LogP contribution is -2.55. The van der Waals surface area contributed by atoms with E-state index < -0.39 is 25.0 Å². The quantitative estimate of drug-likeness (QED) is 0.590. The van der Waals surface area contributed by atoms with Gasteiger partial charge in [-0.2, -0.15) is 0 Å².